The molecule has 0 amide bonds. The second-order valence-corrected chi connectivity index (χ2v) is 4.74. The van der Waals surface area contributed by atoms with Crippen molar-refractivity contribution in [2.45, 2.75) is 0 Å². The van der Waals surface area contributed by atoms with E-state index in [9.17, 15) is 0 Å². The van der Waals surface area contributed by atoms with Crippen LogP contribution >= 0.6 is 12.2 Å². The highest BCUT2D eigenvalue weighted by molar-refractivity contribution is 7.79. The van der Waals surface area contributed by atoms with Crippen LogP contribution in [0, 0.1) is 0 Å². The van der Waals surface area contributed by atoms with Crippen LogP contribution in [0.25, 0.3) is 10.8 Å². The van der Waals surface area contributed by atoms with E-state index in [0.717, 1.165) is 16.8 Å². The summed E-state index contributed by atoms with van der Waals surface area (Å²) in [4.78, 5) is 1.95. The number of thiocarbonyl (C=S) groups is 1. The molecule has 0 spiro atoms. The zero-order valence-electron chi connectivity index (χ0n) is 10.9. The molecule has 2 nitrogen and oxygen atoms in total. The molecule has 3 heteroatoms. The Labute approximate surface area is 123 Å². The van der Waals surface area contributed by atoms with Gasteiger partial charge >= 0.3 is 0 Å². The van der Waals surface area contributed by atoms with Crippen molar-refractivity contribution < 1.29 is 0 Å². The van der Waals surface area contributed by atoms with Gasteiger partial charge < -0.3 is 10.6 Å². The van der Waals surface area contributed by atoms with E-state index >= 15 is 0 Å². The lowest BCUT2D eigenvalue weighted by Crippen LogP contribution is -2.14. The molecule has 2 N–H and O–H groups in total. The summed E-state index contributed by atoms with van der Waals surface area (Å²) in [6.07, 6.45) is 0. The van der Waals surface area contributed by atoms with Crippen molar-refractivity contribution >= 4 is 45.5 Å². The summed E-state index contributed by atoms with van der Waals surface area (Å²) in [6.45, 7) is 0. The summed E-state index contributed by atoms with van der Waals surface area (Å²) in [6, 6.07) is 22.2. The molecule has 0 heterocycles. The number of nitrogens with two attached hydrogens (primary N) is 1. The first-order chi connectivity index (χ1) is 9.81. The maximum atomic E-state index is 6.07. The van der Waals surface area contributed by atoms with E-state index in [2.05, 4.69) is 24.3 Å². The molecule has 0 aliphatic carbocycles. The predicted octanol–water partition coefficient (Wildman–Crippen LogP) is 4.52. The van der Waals surface area contributed by atoms with Gasteiger partial charge in [-0.05, 0) is 23.6 Å². The first-order valence-electron chi connectivity index (χ1n) is 6.38. The predicted molar refractivity (Wildman–Crippen MR) is 90.6 cm³/mol. The Kier molecular flexibility index (Phi) is 3.35. The zero-order valence-corrected chi connectivity index (χ0v) is 11.7. The van der Waals surface area contributed by atoms with Gasteiger partial charge in [-0.15, -0.1) is 0 Å². The van der Waals surface area contributed by atoms with Crippen LogP contribution in [0.5, 0.6) is 0 Å². The van der Waals surface area contributed by atoms with Gasteiger partial charge in [-0.25, -0.2) is 0 Å². The fourth-order valence-electron chi connectivity index (χ4n) is 2.37. The van der Waals surface area contributed by atoms with Crippen molar-refractivity contribution in [1.29, 1.82) is 0 Å². The highest BCUT2D eigenvalue weighted by Crippen LogP contribution is 2.33. The summed E-state index contributed by atoms with van der Waals surface area (Å²) in [5.74, 6) is 0. The number of hydrogen-bond acceptors (Lipinski definition) is 2. The molecule has 0 aliphatic rings. The second kappa shape index (κ2) is 5.31. The number of nitrogen functional groups attached to an aromatic ring is 1. The van der Waals surface area contributed by atoms with Gasteiger partial charge in [0.2, 0.25) is 0 Å². The van der Waals surface area contributed by atoms with Crippen molar-refractivity contribution in [2.24, 2.45) is 0 Å². The molecule has 3 aromatic carbocycles. The number of fused-ring (bicyclic) bond motifs is 1. The molecule has 0 aromatic heterocycles. The Morgan fingerprint density at radius 3 is 2.25 bits per heavy atom. The third kappa shape index (κ3) is 2.12. The van der Waals surface area contributed by atoms with Crippen LogP contribution in [0.3, 0.4) is 0 Å². The number of nitrogens with zero attached hydrogens (tertiary/aromatic N) is 1. The molecule has 3 aromatic rings. The van der Waals surface area contributed by atoms with Crippen molar-refractivity contribution in [3.63, 3.8) is 0 Å². The Hall–Kier alpha value is -2.39. The quantitative estimate of drug-likeness (QED) is 0.564. The highest BCUT2D eigenvalue weighted by Gasteiger charge is 2.11. The van der Waals surface area contributed by atoms with E-state index in [0.29, 0.717) is 5.69 Å². The van der Waals surface area contributed by atoms with Crippen LogP contribution in [-0.4, -0.2) is 5.49 Å². The fraction of sp³-hybridized carbons (Fsp3) is 0. The van der Waals surface area contributed by atoms with E-state index < -0.39 is 0 Å². The molecule has 3 rings (SSSR count). The normalized spacial score (nSPS) is 10.4. The Bertz CT molecular complexity index is 762. The minimum atomic E-state index is 0.710. The van der Waals surface area contributed by atoms with Gasteiger partial charge in [0.1, 0.15) is 0 Å². The van der Waals surface area contributed by atoms with E-state index in [1.165, 1.54) is 5.39 Å². The molecule has 0 unspecified atom stereocenters. The average Bonchev–Trinajstić information content (AvgIpc) is 2.50. The molecule has 20 heavy (non-hydrogen) atoms. The minimum absolute atomic E-state index is 0.710. The number of anilines is 3. The lowest BCUT2D eigenvalue weighted by atomic mass is 10.1. The topological polar surface area (TPSA) is 29.3 Å². The molecule has 0 bridgehead atoms. The van der Waals surface area contributed by atoms with Crippen LogP contribution < -0.4 is 10.6 Å². The van der Waals surface area contributed by atoms with E-state index in [1.54, 1.807) is 5.49 Å². The fourth-order valence-corrected chi connectivity index (χ4v) is 2.60. The number of para-hydroxylation sites is 2. The van der Waals surface area contributed by atoms with Crippen LogP contribution in [0.4, 0.5) is 17.1 Å². The Morgan fingerprint density at radius 2 is 1.45 bits per heavy atom. The summed E-state index contributed by atoms with van der Waals surface area (Å²) >= 11 is 5.21. The summed E-state index contributed by atoms with van der Waals surface area (Å²) in [5.41, 5.74) is 10.4. The van der Waals surface area contributed by atoms with Crippen LogP contribution in [0.2, 0.25) is 0 Å². The molecular weight excluding hydrogens is 264 g/mol. The van der Waals surface area contributed by atoms with Gasteiger partial charge in [0, 0.05) is 5.39 Å². The molecule has 0 aliphatic heterocycles. The number of hydrogen-bond donors (Lipinski definition) is 1. The molecule has 0 radical (unpaired) electrons. The van der Waals surface area contributed by atoms with Crippen LogP contribution in [0.15, 0.2) is 66.7 Å². The number of benzene rings is 3. The summed E-state index contributed by atoms with van der Waals surface area (Å²) in [5, 5.41) is 2.33. The second-order valence-electron chi connectivity index (χ2n) is 4.53. The Morgan fingerprint density at radius 1 is 0.800 bits per heavy atom. The summed E-state index contributed by atoms with van der Waals surface area (Å²) in [7, 11) is 0. The molecule has 0 fully saturated rings. The largest absolute Gasteiger partial charge is 0.397 e. The van der Waals surface area contributed by atoms with E-state index in [1.807, 2.05) is 47.4 Å². The van der Waals surface area contributed by atoms with Crippen molar-refractivity contribution in [3.05, 3.63) is 66.7 Å². The van der Waals surface area contributed by atoms with E-state index in [-0.39, 0.29) is 0 Å². The lowest BCUT2D eigenvalue weighted by Gasteiger charge is -2.22. The zero-order chi connectivity index (χ0) is 13.9. The van der Waals surface area contributed by atoms with E-state index in [4.69, 9.17) is 18.0 Å². The average molecular weight is 278 g/mol. The van der Waals surface area contributed by atoms with Gasteiger partial charge in [-0.1, -0.05) is 60.7 Å². The van der Waals surface area contributed by atoms with Crippen molar-refractivity contribution in [3.8, 4) is 0 Å². The van der Waals surface area contributed by atoms with Gasteiger partial charge in [0.05, 0.1) is 22.6 Å². The molecule has 0 saturated heterocycles. The maximum Gasteiger partial charge on any atom is 0.0733 e. The standard InChI is InChI=1S/C17H14N2S/c18-15-9-3-4-10-17(15)19(12-20)16-11-5-7-13-6-1-2-8-14(13)16/h1-12H,18H2. The number of rotatable bonds is 3. The Balaban J connectivity index is 2.23. The molecule has 0 atom stereocenters. The third-order valence-corrected chi connectivity index (χ3v) is 3.54. The first kappa shape index (κ1) is 12.6. The van der Waals surface area contributed by atoms with Gasteiger partial charge in [-0.3, -0.25) is 0 Å². The first-order valence-corrected chi connectivity index (χ1v) is 6.85. The minimum Gasteiger partial charge on any atom is -0.397 e. The van der Waals surface area contributed by atoms with Gasteiger partial charge in [0.25, 0.3) is 0 Å². The lowest BCUT2D eigenvalue weighted by molar-refractivity contribution is 1.41. The molecular formula is C17H14N2S. The highest BCUT2D eigenvalue weighted by atomic mass is 32.1. The smallest absolute Gasteiger partial charge is 0.0733 e. The maximum absolute atomic E-state index is 6.07. The van der Waals surface area contributed by atoms with Gasteiger partial charge in [-0.2, -0.15) is 0 Å². The monoisotopic (exact) mass is 278 g/mol. The SMILES string of the molecule is Nc1ccccc1N(C=S)c1cccc2ccccc12. The van der Waals surface area contributed by atoms with Gasteiger partial charge in [0.15, 0.2) is 0 Å². The third-order valence-electron chi connectivity index (χ3n) is 3.33. The van der Waals surface area contributed by atoms with Crippen LogP contribution in [0.1, 0.15) is 0 Å². The molecule has 98 valence electrons. The van der Waals surface area contributed by atoms with Crippen molar-refractivity contribution in [1.82, 2.24) is 0 Å². The van der Waals surface area contributed by atoms with Crippen molar-refractivity contribution in [2.75, 3.05) is 10.6 Å². The van der Waals surface area contributed by atoms with Crippen LogP contribution in [-0.2, 0) is 0 Å². The summed E-state index contributed by atoms with van der Waals surface area (Å²) < 4.78 is 0. The molecule has 0 saturated carbocycles.